The van der Waals surface area contributed by atoms with Gasteiger partial charge in [-0.05, 0) is 42.5 Å². The molecule has 0 aliphatic carbocycles. The standard InChI is InChI=1S/C23H23N3O5S/c1-15(24-23-9-10-26(2)25-23)16-11-21(20-13-18(14-29-3)31-22(20)12-16)30-17-5-7-19(8-6-17)32(4,27)28/h5-13H,1,14H2,2-4H3,(H,24,25). The molecule has 32 heavy (non-hydrogen) atoms. The summed E-state index contributed by atoms with van der Waals surface area (Å²) >= 11 is 0. The van der Waals surface area contributed by atoms with E-state index in [0.717, 1.165) is 10.9 Å². The molecule has 2 heterocycles. The Morgan fingerprint density at radius 2 is 1.94 bits per heavy atom. The van der Waals surface area contributed by atoms with E-state index in [0.29, 0.717) is 41.0 Å². The minimum Gasteiger partial charge on any atom is -0.458 e. The smallest absolute Gasteiger partial charge is 0.175 e. The molecule has 0 atom stereocenters. The molecule has 0 amide bonds. The summed E-state index contributed by atoms with van der Waals surface area (Å²) in [5.74, 6) is 2.35. The second-order valence-electron chi connectivity index (χ2n) is 7.36. The van der Waals surface area contributed by atoms with Crippen LogP contribution in [-0.4, -0.2) is 31.6 Å². The number of aryl methyl sites for hydroxylation is 1. The highest BCUT2D eigenvalue weighted by Crippen LogP contribution is 2.36. The lowest BCUT2D eigenvalue weighted by Crippen LogP contribution is -2.00. The quantitative estimate of drug-likeness (QED) is 0.417. The van der Waals surface area contributed by atoms with Crippen molar-refractivity contribution in [1.29, 1.82) is 0 Å². The van der Waals surface area contributed by atoms with Gasteiger partial charge in [0.25, 0.3) is 0 Å². The topological polar surface area (TPSA) is 95.6 Å². The van der Waals surface area contributed by atoms with Crippen LogP contribution in [0.25, 0.3) is 16.7 Å². The predicted molar refractivity (Wildman–Crippen MR) is 122 cm³/mol. The summed E-state index contributed by atoms with van der Waals surface area (Å²) in [4.78, 5) is 0.224. The van der Waals surface area contributed by atoms with Crippen LogP contribution in [0.2, 0.25) is 0 Å². The number of nitrogens with zero attached hydrogens (tertiary/aromatic N) is 2. The molecule has 0 bridgehead atoms. The monoisotopic (exact) mass is 453 g/mol. The zero-order valence-electron chi connectivity index (χ0n) is 18.0. The second-order valence-corrected chi connectivity index (χ2v) is 9.37. The molecule has 0 unspecified atom stereocenters. The average Bonchev–Trinajstić information content (AvgIpc) is 3.33. The highest BCUT2D eigenvalue weighted by atomic mass is 32.2. The first kappa shape index (κ1) is 21.7. The molecule has 0 saturated carbocycles. The number of furan rings is 1. The van der Waals surface area contributed by atoms with Crippen molar-refractivity contribution in [2.75, 3.05) is 18.7 Å². The minimum absolute atomic E-state index is 0.224. The Morgan fingerprint density at radius 3 is 2.56 bits per heavy atom. The van der Waals surface area contributed by atoms with Gasteiger partial charge in [-0.25, -0.2) is 8.42 Å². The van der Waals surface area contributed by atoms with Crippen molar-refractivity contribution in [3.63, 3.8) is 0 Å². The average molecular weight is 454 g/mol. The summed E-state index contributed by atoms with van der Waals surface area (Å²) in [6, 6.07) is 13.7. The van der Waals surface area contributed by atoms with Crippen LogP contribution in [-0.2, 0) is 28.2 Å². The molecule has 0 fully saturated rings. The van der Waals surface area contributed by atoms with Crippen molar-refractivity contribution in [2.24, 2.45) is 7.05 Å². The summed E-state index contributed by atoms with van der Waals surface area (Å²) in [6.07, 6.45) is 3.00. The molecule has 4 rings (SSSR count). The predicted octanol–water partition coefficient (Wildman–Crippen LogP) is 4.59. The van der Waals surface area contributed by atoms with Crippen LogP contribution in [0.3, 0.4) is 0 Å². The summed E-state index contributed by atoms with van der Waals surface area (Å²) in [7, 11) is 0.142. The third-order valence-corrected chi connectivity index (χ3v) is 5.89. The number of benzene rings is 2. The fourth-order valence-electron chi connectivity index (χ4n) is 3.22. The lowest BCUT2D eigenvalue weighted by atomic mass is 10.1. The van der Waals surface area contributed by atoms with Crippen molar-refractivity contribution in [1.82, 2.24) is 9.78 Å². The van der Waals surface area contributed by atoms with Crippen LogP contribution >= 0.6 is 0 Å². The van der Waals surface area contributed by atoms with E-state index < -0.39 is 9.84 Å². The zero-order chi connectivity index (χ0) is 22.9. The first-order valence-corrected chi connectivity index (χ1v) is 11.6. The number of rotatable bonds is 8. The van der Waals surface area contributed by atoms with Crippen LogP contribution in [0.4, 0.5) is 5.82 Å². The Bertz CT molecular complexity index is 1390. The van der Waals surface area contributed by atoms with Crippen molar-refractivity contribution in [3.8, 4) is 11.5 Å². The van der Waals surface area contributed by atoms with Gasteiger partial charge in [-0.1, -0.05) is 6.58 Å². The Balaban J connectivity index is 1.71. The number of hydrogen-bond acceptors (Lipinski definition) is 7. The number of sulfone groups is 1. The largest absolute Gasteiger partial charge is 0.458 e. The number of fused-ring (bicyclic) bond motifs is 1. The highest BCUT2D eigenvalue weighted by molar-refractivity contribution is 7.90. The van der Waals surface area contributed by atoms with Gasteiger partial charge in [0.15, 0.2) is 15.7 Å². The Hall–Kier alpha value is -3.56. The number of anilines is 1. The minimum atomic E-state index is -3.29. The van der Waals surface area contributed by atoms with Gasteiger partial charge in [0.2, 0.25) is 0 Å². The molecule has 0 radical (unpaired) electrons. The van der Waals surface area contributed by atoms with Gasteiger partial charge < -0.3 is 19.2 Å². The molecule has 9 heteroatoms. The van der Waals surface area contributed by atoms with Gasteiger partial charge in [-0.15, -0.1) is 0 Å². The maximum Gasteiger partial charge on any atom is 0.175 e. The zero-order valence-corrected chi connectivity index (χ0v) is 18.8. The van der Waals surface area contributed by atoms with Gasteiger partial charge >= 0.3 is 0 Å². The second kappa shape index (κ2) is 8.52. The van der Waals surface area contributed by atoms with E-state index in [2.05, 4.69) is 17.0 Å². The molecule has 0 aliphatic rings. The molecule has 2 aromatic heterocycles. The Morgan fingerprint density at radius 1 is 1.19 bits per heavy atom. The van der Waals surface area contributed by atoms with Crippen LogP contribution in [0.1, 0.15) is 11.3 Å². The number of hydrogen-bond donors (Lipinski definition) is 1. The van der Waals surface area contributed by atoms with Crippen molar-refractivity contribution < 1.29 is 22.3 Å². The first-order chi connectivity index (χ1) is 15.2. The normalized spacial score (nSPS) is 11.6. The van der Waals surface area contributed by atoms with E-state index >= 15 is 0 Å². The maximum absolute atomic E-state index is 11.7. The van der Waals surface area contributed by atoms with Crippen molar-refractivity contribution in [2.45, 2.75) is 11.5 Å². The molecule has 0 spiro atoms. The van der Waals surface area contributed by atoms with Gasteiger partial charge in [-0.3, -0.25) is 4.68 Å². The number of aromatic nitrogens is 2. The van der Waals surface area contributed by atoms with Gasteiger partial charge in [0.1, 0.15) is 29.4 Å². The van der Waals surface area contributed by atoms with Crippen molar-refractivity contribution in [3.05, 3.63) is 72.6 Å². The fraction of sp³-hybridized carbons (Fsp3) is 0.174. The Kier molecular flexibility index (Phi) is 5.77. The Labute approximate surface area is 186 Å². The summed E-state index contributed by atoms with van der Waals surface area (Å²) in [6.45, 7) is 4.44. The molecule has 4 aromatic rings. The van der Waals surface area contributed by atoms with E-state index in [9.17, 15) is 8.42 Å². The van der Waals surface area contributed by atoms with Crippen LogP contribution in [0.15, 0.2) is 70.6 Å². The maximum atomic E-state index is 11.7. The number of ether oxygens (including phenoxy) is 2. The SMILES string of the molecule is C=C(Nc1ccn(C)n1)c1cc(Oc2ccc(S(C)(=O)=O)cc2)c2cc(COC)oc2c1. The molecular formula is C23H23N3O5S. The van der Waals surface area contributed by atoms with Gasteiger partial charge in [0, 0.05) is 43.9 Å². The van der Waals surface area contributed by atoms with Crippen LogP contribution in [0.5, 0.6) is 11.5 Å². The summed E-state index contributed by atoms with van der Waals surface area (Å²) in [5, 5.41) is 8.25. The molecule has 0 saturated heterocycles. The third-order valence-electron chi connectivity index (χ3n) is 4.76. The third kappa shape index (κ3) is 4.68. The van der Waals surface area contributed by atoms with E-state index in [4.69, 9.17) is 13.9 Å². The molecule has 8 nitrogen and oxygen atoms in total. The first-order valence-electron chi connectivity index (χ1n) is 9.72. The molecule has 0 aliphatic heterocycles. The molecule has 166 valence electrons. The molecular weight excluding hydrogens is 430 g/mol. The van der Waals surface area contributed by atoms with Crippen LogP contribution < -0.4 is 10.1 Å². The van der Waals surface area contributed by atoms with E-state index in [1.807, 2.05) is 37.5 Å². The summed E-state index contributed by atoms with van der Waals surface area (Å²) in [5.41, 5.74) is 1.98. The van der Waals surface area contributed by atoms with Gasteiger partial charge in [0.05, 0.1) is 10.3 Å². The van der Waals surface area contributed by atoms with Gasteiger partial charge in [-0.2, -0.15) is 5.10 Å². The number of methoxy groups -OCH3 is 1. The van der Waals surface area contributed by atoms with E-state index in [-0.39, 0.29) is 4.90 Å². The number of nitrogens with one attached hydrogen (secondary N) is 1. The molecule has 1 N–H and O–H groups in total. The lowest BCUT2D eigenvalue weighted by Gasteiger charge is -2.12. The fourth-order valence-corrected chi connectivity index (χ4v) is 3.85. The lowest BCUT2D eigenvalue weighted by molar-refractivity contribution is 0.166. The van der Waals surface area contributed by atoms with Crippen LogP contribution in [0, 0.1) is 0 Å². The molecule has 2 aromatic carbocycles. The van der Waals surface area contributed by atoms with E-state index in [1.54, 1.807) is 23.9 Å². The highest BCUT2D eigenvalue weighted by Gasteiger charge is 2.15. The summed E-state index contributed by atoms with van der Waals surface area (Å²) < 4.78 is 42.4. The van der Waals surface area contributed by atoms with Crippen molar-refractivity contribution >= 4 is 32.3 Å². The van der Waals surface area contributed by atoms with E-state index in [1.165, 1.54) is 18.4 Å².